The maximum atomic E-state index is 15.1. The van der Waals surface area contributed by atoms with Gasteiger partial charge in [-0.25, -0.2) is 77.4 Å². The fourth-order valence-electron chi connectivity index (χ4n) is 22.4. The SMILES string of the molecule is CC1=Cc2ccc(-c3nc(Nc4ccc(C5CCN(C)CC5)cn4)ncc3F)cc2C1(C)C.CC1=Nc2c(C)cc(-c3nc(Nc4ccc(N5CCN(CC6CC6)CC5)cn4)ncc3F)cc2C12CCCC2.CCC1(C)C(C)=Nc2c(C)cc(-c3nc(Nc4ccc(CN5CCN(C)CC5)cn4)ncc3F)cc21.CCC1(CC)C(C)=Nc2c(C)cc(-c3nc(Nc4ccc(C5CCN(C)CC5)cn4)ncc3F)cc21. The van der Waals surface area contributed by atoms with Gasteiger partial charge in [0.2, 0.25) is 23.8 Å². The molecule has 1 spiro atoms. The van der Waals surface area contributed by atoms with Crippen molar-refractivity contribution in [3.8, 4) is 45.0 Å². The van der Waals surface area contributed by atoms with Gasteiger partial charge >= 0.3 is 0 Å². The zero-order valence-electron chi connectivity index (χ0n) is 86.2. The van der Waals surface area contributed by atoms with Gasteiger partial charge in [0.25, 0.3) is 0 Å². The minimum absolute atomic E-state index is 0.00375. The normalized spacial score (nSPS) is 19.2. The molecule has 4 N–H and O–H groups in total. The summed E-state index contributed by atoms with van der Waals surface area (Å²) >= 11 is 0. The molecule has 1 unspecified atom stereocenters. The Hall–Kier alpha value is -12.9. The van der Waals surface area contributed by atoms with Gasteiger partial charge in [0.1, 0.15) is 46.0 Å². The summed E-state index contributed by atoms with van der Waals surface area (Å²) in [7, 11) is 6.49. The highest BCUT2D eigenvalue weighted by atomic mass is 19.1. The molecule has 10 aliphatic rings. The van der Waals surface area contributed by atoms with E-state index in [1.165, 1.54) is 102 Å². The summed E-state index contributed by atoms with van der Waals surface area (Å²) in [5.41, 5.74) is 25.4. The first-order valence-electron chi connectivity index (χ1n) is 51.6. The number of nitrogens with zero attached hydrogens (tertiary/aromatic N) is 21. The van der Waals surface area contributed by atoms with E-state index in [1.54, 1.807) is 0 Å². The molecular weight excluding hydrogens is 1810 g/mol. The van der Waals surface area contributed by atoms with E-state index in [0.717, 1.165) is 233 Å². The Morgan fingerprint density at radius 3 is 1.24 bits per heavy atom. The first-order valence-corrected chi connectivity index (χ1v) is 51.6. The number of anilines is 9. The number of piperazine rings is 2. The monoisotopic (exact) mass is 1940 g/mol. The maximum absolute atomic E-state index is 15.1. The van der Waals surface area contributed by atoms with E-state index >= 15 is 4.39 Å². The third-order valence-corrected chi connectivity index (χ3v) is 32.5. The van der Waals surface area contributed by atoms with E-state index in [-0.39, 0.29) is 33.0 Å². The van der Waals surface area contributed by atoms with Crippen LogP contribution in [0.15, 0.2) is 173 Å². The Balaban J connectivity index is 0.000000122. The van der Waals surface area contributed by atoms with Crippen LogP contribution in [0, 0.1) is 50.0 Å². The zero-order chi connectivity index (χ0) is 101. The highest BCUT2D eigenvalue weighted by Gasteiger charge is 2.46. The molecule has 4 aromatic carbocycles. The molecule has 12 aromatic rings. The van der Waals surface area contributed by atoms with Gasteiger partial charge < -0.3 is 40.9 Å². The molecule has 2 saturated carbocycles. The molecule has 3 aliphatic carbocycles. The fourth-order valence-corrected chi connectivity index (χ4v) is 22.4. The van der Waals surface area contributed by atoms with Crippen LogP contribution in [0.4, 0.5) is 87.4 Å². The lowest BCUT2D eigenvalue weighted by Gasteiger charge is -2.36. The lowest BCUT2D eigenvalue weighted by Crippen LogP contribution is -2.47. The lowest BCUT2D eigenvalue weighted by atomic mass is 9.73. The third kappa shape index (κ3) is 21.1. The number of allylic oxidation sites excluding steroid dienone is 1. The van der Waals surface area contributed by atoms with Crippen LogP contribution in [0.2, 0.25) is 0 Å². The van der Waals surface area contributed by atoms with Crippen molar-refractivity contribution in [2.24, 2.45) is 20.9 Å². The second-order valence-electron chi connectivity index (χ2n) is 42.1. The van der Waals surface area contributed by atoms with E-state index in [0.29, 0.717) is 70.3 Å². The standard InChI is InChI=1S/C31H36FN7.C29H35FN6.C28H34FN7.C27H30FN5/c1-20-15-23(16-25-28(20)35-21(2)31(25)9-3-4-10-31)29-26(32)18-34-30(37-29)36-27-8-7-24(17-33-27)39-13-11-38(12-14-39)19-22-5-6-22;1-6-29(7-2)19(4)33-26-18(3)14-22(15-23(26)29)27-24(30)17-32-28(35-27)34-25-9-8-21(16-31-25)20-10-12-36(5)13-11-20;1-6-28(4)19(3)32-25-18(2)13-21(14-22(25)28)26-23(29)16-31-27(34-26)33-24-8-7-20(15-30-24)17-36-11-9-35(5)10-12-36;1-17-13-19-5-6-20(14-22(19)27(17,2)3)25-23(28)16-30-26(32-25)31-24-8-7-21(15-29-24)18-9-11-33(4)12-10-18/h7-8,15-18,22H,3-6,9-14,19H2,1-2H3,(H,33,34,36,37);8-9,14-17,20H,6-7,10-13H2,1-5H3,(H,31,32,34,35);7-8,13-16H,6,9-12,17H2,1-5H3,(H,30,31,33,34);5-8,13-16,18H,9-12H2,1-4H3,(H,29,30,31,32). The summed E-state index contributed by atoms with van der Waals surface area (Å²) in [4.78, 5) is 82.3. The minimum Gasteiger partial charge on any atom is -0.368 e. The highest BCUT2D eigenvalue weighted by Crippen LogP contribution is 2.54. The van der Waals surface area contributed by atoms with Crippen molar-refractivity contribution in [2.75, 3.05) is 132 Å². The van der Waals surface area contributed by atoms with Gasteiger partial charge in [-0.2, -0.15) is 0 Å². The number of hydrogen-bond donors (Lipinski definition) is 4. The first-order chi connectivity index (χ1) is 69.4. The highest BCUT2D eigenvalue weighted by molar-refractivity contribution is 6.03. The van der Waals surface area contributed by atoms with Crippen molar-refractivity contribution < 1.29 is 17.6 Å². The second-order valence-corrected chi connectivity index (χ2v) is 42.1. The number of aryl methyl sites for hydroxylation is 3. The predicted molar refractivity (Wildman–Crippen MR) is 572 cm³/mol. The van der Waals surface area contributed by atoms with E-state index in [9.17, 15) is 13.2 Å². The van der Waals surface area contributed by atoms with Crippen LogP contribution in [0.1, 0.15) is 226 Å². The molecule has 25 nitrogen and oxygen atoms in total. The van der Waals surface area contributed by atoms with E-state index in [2.05, 4.69) is 250 Å². The average molecular weight is 1940 g/mol. The second kappa shape index (κ2) is 42.0. The molecule has 7 aliphatic heterocycles. The predicted octanol–water partition coefficient (Wildman–Crippen LogP) is 24.1. The Kier molecular flexibility index (Phi) is 29.1. The van der Waals surface area contributed by atoms with Crippen LogP contribution < -0.4 is 26.2 Å². The number of benzene rings is 4. The van der Waals surface area contributed by atoms with Crippen molar-refractivity contribution in [3.05, 3.63) is 243 Å². The smallest absolute Gasteiger partial charge is 0.229 e. The number of hydrogen-bond acceptors (Lipinski definition) is 25. The molecule has 0 amide bonds. The van der Waals surface area contributed by atoms with Crippen molar-refractivity contribution in [1.29, 1.82) is 0 Å². The summed E-state index contributed by atoms with van der Waals surface area (Å²) < 4.78 is 59.7. The molecule has 0 bridgehead atoms. The summed E-state index contributed by atoms with van der Waals surface area (Å²) in [6.07, 6.45) is 29.6. The van der Waals surface area contributed by atoms with Gasteiger partial charge in [-0.15, -0.1) is 0 Å². The molecule has 748 valence electrons. The summed E-state index contributed by atoms with van der Waals surface area (Å²) in [5.74, 6) is 4.15. The first kappa shape index (κ1) is 99.8. The van der Waals surface area contributed by atoms with Gasteiger partial charge in [-0.1, -0.05) is 96.4 Å². The number of likely N-dealkylation sites (tertiary alicyclic amines) is 2. The Labute approximate surface area is 844 Å². The van der Waals surface area contributed by atoms with Crippen LogP contribution >= 0.6 is 0 Å². The Morgan fingerprint density at radius 1 is 0.375 bits per heavy atom. The van der Waals surface area contributed by atoms with E-state index in [4.69, 9.17) is 15.0 Å². The van der Waals surface area contributed by atoms with Gasteiger partial charge in [-0.3, -0.25) is 24.8 Å². The van der Waals surface area contributed by atoms with Crippen LogP contribution in [0.25, 0.3) is 51.1 Å². The van der Waals surface area contributed by atoms with E-state index < -0.39 is 23.3 Å². The molecule has 22 rings (SSSR count). The number of rotatable bonds is 22. The van der Waals surface area contributed by atoms with Crippen LogP contribution in [0.5, 0.6) is 0 Å². The van der Waals surface area contributed by atoms with Crippen molar-refractivity contribution in [3.63, 3.8) is 0 Å². The number of fused-ring (bicyclic) bond motifs is 5. The van der Waals surface area contributed by atoms with Gasteiger partial charge in [-0.05, 0) is 318 Å². The molecule has 29 heteroatoms. The molecule has 8 aromatic heterocycles. The summed E-state index contributed by atoms with van der Waals surface area (Å²) in [5, 5.41) is 12.6. The number of likely N-dealkylation sites (N-methyl/N-ethyl adjacent to an activating group) is 1. The van der Waals surface area contributed by atoms with Crippen LogP contribution in [0.3, 0.4) is 0 Å². The molecule has 15 heterocycles. The van der Waals surface area contributed by atoms with Gasteiger partial charge in [0, 0.05) is 145 Å². The maximum Gasteiger partial charge on any atom is 0.229 e. The van der Waals surface area contributed by atoms with Crippen LogP contribution in [-0.4, -0.2) is 208 Å². The molecule has 1 atom stereocenters. The summed E-state index contributed by atoms with van der Waals surface area (Å²) in [6.45, 7) is 42.9. The number of pyridine rings is 4. The molecular formula is C115H135F4N25. The number of halogens is 4. The summed E-state index contributed by atoms with van der Waals surface area (Å²) in [6, 6.07) is 34.3. The van der Waals surface area contributed by atoms with Crippen molar-refractivity contribution in [2.45, 2.75) is 214 Å². The Bertz CT molecular complexity index is 6840. The average Bonchev–Trinajstić information content (AvgIpc) is 1.58. The number of nitrogens with one attached hydrogen (secondary N) is 4. The molecule has 0 radical (unpaired) electrons. The molecule has 144 heavy (non-hydrogen) atoms. The molecule has 6 fully saturated rings. The van der Waals surface area contributed by atoms with Crippen molar-refractivity contribution >= 4 is 93.0 Å². The van der Waals surface area contributed by atoms with Crippen LogP contribution in [-0.2, 0) is 28.2 Å². The fraction of sp³-hybridized carbons (Fsp3) is 0.435. The van der Waals surface area contributed by atoms with Gasteiger partial charge in [0.15, 0.2) is 23.3 Å². The zero-order valence-corrected chi connectivity index (χ0v) is 86.2. The number of aromatic nitrogens is 12. The largest absolute Gasteiger partial charge is 0.368 e. The van der Waals surface area contributed by atoms with E-state index in [1.807, 2.05) is 105 Å². The number of piperidine rings is 2. The minimum atomic E-state index is -0.454. The molecule has 4 saturated heterocycles. The Morgan fingerprint density at radius 2 is 0.792 bits per heavy atom. The quantitative estimate of drug-likeness (QED) is 0.0460. The van der Waals surface area contributed by atoms with Gasteiger partial charge in [0.05, 0.1) is 53.7 Å². The third-order valence-electron chi connectivity index (χ3n) is 32.5. The number of aliphatic imine (C=N–C) groups is 3. The lowest BCUT2D eigenvalue weighted by molar-refractivity contribution is 0.148. The topological polar surface area (TPSA) is 259 Å². The van der Waals surface area contributed by atoms with Crippen molar-refractivity contribution in [1.82, 2.24) is 84.3 Å².